The fourth-order valence-electron chi connectivity index (χ4n) is 2.44. The molecule has 0 unspecified atom stereocenters. The molecule has 5 nitrogen and oxygen atoms in total. The number of halogens is 1. The third-order valence-electron chi connectivity index (χ3n) is 3.56. The van der Waals surface area contributed by atoms with E-state index in [4.69, 9.17) is 13.6 Å². The van der Waals surface area contributed by atoms with Crippen LogP contribution in [-0.2, 0) is 0 Å². The van der Waals surface area contributed by atoms with E-state index in [0.717, 1.165) is 9.86 Å². The average Bonchev–Trinajstić information content (AvgIpc) is 3.04. The van der Waals surface area contributed by atoms with Crippen molar-refractivity contribution < 1.29 is 18.4 Å². The lowest BCUT2D eigenvalue weighted by Crippen LogP contribution is -2.09. The number of rotatable bonds is 2. The minimum absolute atomic E-state index is 0.0955. The second kappa shape index (κ2) is 5.65. The first kappa shape index (κ1) is 14.7. The summed E-state index contributed by atoms with van der Waals surface area (Å²) >= 11 is 3.31. The Kier molecular flexibility index (Phi) is 3.46. The second-order valence-electron chi connectivity index (χ2n) is 5.11. The molecule has 0 spiro atoms. The first-order valence-electron chi connectivity index (χ1n) is 7.03. The smallest absolute Gasteiger partial charge is 0.343 e. The minimum atomic E-state index is -0.570. The van der Waals surface area contributed by atoms with Crippen molar-refractivity contribution in [3.05, 3.63) is 75.3 Å². The first-order chi connectivity index (χ1) is 11.6. The van der Waals surface area contributed by atoms with Crippen LogP contribution in [0.2, 0.25) is 0 Å². The van der Waals surface area contributed by atoms with Crippen LogP contribution in [0.4, 0.5) is 0 Å². The molecule has 0 saturated carbocycles. The van der Waals surface area contributed by atoms with E-state index in [0.29, 0.717) is 16.5 Å². The normalized spacial score (nSPS) is 11.0. The highest BCUT2D eigenvalue weighted by atomic mass is 79.9. The minimum Gasteiger partial charge on any atom is -0.460 e. The summed E-state index contributed by atoms with van der Waals surface area (Å²) in [6, 6.07) is 13.2. The molecule has 4 aromatic rings. The summed E-state index contributed by atoms with van der Waals surface area (Å²) in [4.78, 5) is 24.0. The van der Waals surface area contributed by atoms with Crippen molar-refractivity contribution in [2.24, 2.45) is 0 Å². The molecule has 4 rings (SSSR count). The van der Waals surface area contributed by atoms with Crippen molar-refractivity contribution in [1.82, 2.24) is 0 Å². The number of hydrogen-bond acceptors (Lipinski definition) is 5. The molecule has 0 atom stereocenters. The monoisotopic (exact) mass is 384 g/mol. The summed E-state index contributed by atoms with van der Waals surface area (Å²) < 4.78 is 17.0. The lowest BCUT2D eigenvalue weighted by atomic mass is 10.1. The van der Waals surface area contributed by atoms with Gasteiger partial charge < -0.3 is 13.6 Å². The summed E-state index contributed by atoms with van der Waals surface area (Å²) in [6.45, 7) is 0. The average molecular weight is 385 g/mol. The van der Waals surface area contributed by atoms with Crippen LogP contribution in [0.15, 0.2) is 72.9 Å². The van der Waals surface area contributed by atoms with Gasteiger partial charge in [-0.05, 0) is 42.5 Å². The zero-order valence-electron chi connectivity index (χ0n) is 12.1. The lowest BCUT2D eigenvalue weighted by Gasteiger charge is -2.07. The van der Waals surface area contributed by atoms with Gasteiger partial charge in [-0.3, -0.25) is 0 Å². The Balaban J connectivity index is 1.88. The number of furan rings is 1. The van der Waals surface area contributed by atoms with Crippen LogP contribution >= 0.6 is 15.9 Å². The molecule has 2 aromatic heterocycles. The fraction of sp³-hybridized carbons (Fsp3) is 0. The standard InChI is InChI=1S/C18H9BrO5/c19-13-4-1-10(2-5-13)18(21)24-17-15-12(7-8-22-15)9-11-3-6-14(20)23-16(11)17/h1-9H. The molecule has 2 aromatic carbocycles. The molecule has 24 heavy (non-hydrogen) atoms. The van der Waals surface area contributed by atoms with Gasteiger partial charge in [-0.15, -0.1) is 0 Å². The van der Waals surface area contributed by atoms with Crippen molar-refractivity contribution in [3.8, 4) is 5.75 Å². The van der Waals surface area contributed by atoms with Gasteiger partial charge in [0.25, 0.3) is 0 Å². The molecule has 0 N–H and O–H groups in total. The molecular weight excluding hydrogens is 376 g/mol. The molecule has 0 fully saturated rings. The van der Waals surface area contributed by atoms with Gasteiger partial charge in [0.2, 0.25) is 5.75 Å². The van der Waals surface area contributed by atoms with E-state index in [9.17, 15) is 9.59 Å². The molecule has 0 bridgehead atoms. The lowest BCUT2D eigenvalue weighted by molar-refractivity contribution is 0.0735. The Labute approximate surface area is 143 Å². The van der Waals surface area contributed by atoms with Crippen LogP contribution in [0.1, 0.15) is 10.4 Å². The zero-order chi connectivity index (χ0) is 16.7. The molecule has 2 heterocycles. The van der Waals surface area contributed by atoms with Crippen molar-refractivity contribution in [2.45, 2.75) is 0 Å². The predicted molar refractivity (Wildman–Crippen MR) is 91.4 cm³/mol. The number of ether oxygens (including phenoxy) is 1. The van der Waals surface area contributed by atoms with Gasteiger partial charge in [0, 0.05) is 21.3 Å². The molecule has 0 radical (unpaired) electrons. The highest BCUT2D eigenvalue weighted by Crippen LogP contribution is 2.35. The van der Waals surface area contributed by atoms with E-state index in [2.05, 4.69) is 15.9 Å². The van der Waals surface area contributed by atoms with Gasteiger partial charge in [-0.1, -0.05) is 15.9 Å². The summed E-state index contributed by atoms with van der Waals surface area (Å²) in [7, 11) is 0. The molecule has 0 saturated heterocycles. The van der Waals surface area contributed by atoms with Crippen molar-refractivity contribution in [3.63, 3.8) is 0 Å². The third-order valence-corrected chi connectivity index (χ3v) is 4.09. The molecule has 0 aliphatic carbocycles. The van der Waals surface area contributed by atoms with Gasteiger partial charge >= 0.3 is 11.6 Å². The maximum atomic E-state index is 12.4. The quantitative estimate of drug-likeness (QED) is 0.288. The Hall–Kier alpha value is -2.86. The zero-order valence-corrected chi connectivity index (χ0v) is 13.7. The van der Waals surface area contributed by atoms with Gasteiger partial charge in [0.15, 0.2) is 11.2 Å². The van der Waals surface area contributed by atoms with Gasteiger partial charge in [0.05, 0.1) is 11.8 Å². The second-order valence-corrected chi connectivity index (χ2v) is 6.03. The maximum absolute atomic E-state index is 12.4. The topological polar surface area (TPSA) is 69.7 Å². The van der Waals surface area contributed by atoms with Crippen molar-refractivity contribution in [1.29, 1.82) is 0 Å². The molecule has 0 aliphatic heterocycles. The number of carbonyl (C=O) groups excluding carboxylic acids is 1. The van der Waals surface area contributed by atoms with E-state index < -0.39 is 11.6 Å². The molecule has 118 valence electrons. The number of fused-ring (bicyclic) bond motifs is 2. The predicted octanol–water partition coefficient (Wildman–Crippen LogP) is 4.52. The third kappa shape index (κ3) is 2.51. The van der Waals surface area contributed by atoms with Gasteiger partial charge in [0.1, 0.15) is 0 Å². The van der Waals surface area contributed by atoms with Crippen LogP contribution in [0.5, 0.6) is 5.75 Å². The molecule has 0 aliphatic rings. The number of hydrogen-bond donors (Lipinski definition) is 0. The summed E-state index contributed by atoms with van der Waals surface area (Å²) in [5.74, 6) is -0.475. The molecular formula is C18H9BrO5. The van der Waals surface area contributed by atoms with Crippen molar-refractivity contribution in [2.75, 3.05) is 0 Å². The molecule has 6 heteroatoms. The fourth-order valence-corrected chi connectivity index (χ4v) is 2.70. The summed E-state index contributed by atoms with van der Waals surface area (Å²) in [5, 5.41) is 1.39. The van der Waals surface area contributed by atoms with E-state index in [1.165, 1.54) is 12.3 Å². The van der Waals surface area contributed by atoms with Crippen LogP contribution < -0.4 is 10.4 Å². The number of benzene rings is 2. The van der Waals surface area contributed by atoms with Gasteiger partial charge in [-0.25, -0.2) is 9.59 Å². The van der Waals surface area contributed by atoms with E-state index in [1.54, 1.807) is 42.5 Å². The highest BCUT2D eigenvalue weighted by molar-refractivity contribution is 9.10. The van der Waals surface area contributed by atoms with Crippen LogP contribution in [0.25, 0.3) is 21.9 Å². The summed E-state index contributed by atoms with van der Waals surface area (Å²) in [5.41, 5.74) is 0.361. The summed E-state index contributed by atoms with van der Waals surface area (Å²) in [6.07, 6.45) is 1.48. The van der Waals surface area contributed by atoms with Crippen LogP contribution in [0, 0.1) is 0 Å². The molecule has 0 amide bonds. The number of carbonyl (C=O) groups is 1. The van der Waals surface area contributed by atoms with Crippen LogP contribution in [0.3, 0.4) is 0 Å². The van der Waals surface area contributed by atoms with E-state index in [1.807, 2.05) is 0 Å². The first-order valence-corrected chi connectivity index (χ1v) is 7.83. The van der Waals surface area contributed by atoms with Crippen LogP contribution in [-0.4, -0.2) is 5.97 Å². The number of esters is 1. The van der Waals surface area contributed by atoms with Crippen molar-refractivity contribution >= 4 is 43.8 Å². The van der Waals surface area contributed by atoms with E-state index in [-0.39, 0.29) is 11.3 Å². The Bertz CT molecular complexity index is 1120. The largest absolute Gasteiger partial charge is 0.460 e. The SMILES string of the molecule is O=C(Oc1c2occc2cc2ccc(=O)oc12)c1ccc(Br)cc1. The Morgan fingerprint density at radius 3 is 2.50 bits per heavy atom. The van der Waals surface area contributed by atoms with Gasteiger partial charge in [-0.2, -0.15) is 0 Å². The Morgan fingerprint density at radius 1 is 0.958 bits per heavy atom. The maximum Gasteiger partial charge on any atom is 0.343 e. The van der Waals surface area contributed by atoms with E-state index >= 15 is 0 Å². The highest BCUT2D eigenvalue weighted by Gasteiger charge is 2.19. The Morgan fingerprint density at radius 2 is 1.71 bits per heavy atom.